The molecule has 0 bridgehead atoms. The molecule has 1 unspecified atom stereocenters. The summed E-state index contributed by atoms with van der Waals surface area (Å²) in [7, 11) is 0. The summed E-state index contributed by atoms with van der Waals surface area (Å²) in [4.78, 5) is 2.39. The van der Waals surface area contributed by atoms with E-state index in [4.69, 9.17) is 5.73 Å². The molecule has 0 aliphatic carbocycles. The third-order valence-corrected chi connectivity index (χ3v) is 4.58. The van der Waals surface area contributed by atoms with E-state index in [0.29, 0.717) is 12.1 Å². The van der Waals surface area contributed by atoms with E-state index < -0.39 is 0 Å². The van der Waals surface area contributed by atoms with E-state index in [9.17, 15) is 4.39 Å². The van der Waals surface area contributed by atoms with Gasteiger partial charge in [0.05, 0.1) is 0 Å². The Bertz CT molecular complexity index is 431. The zero-order chi connectivity index (χ0) is 14.5. The van der Waals surface area contributed by atoms with Crippen molar-refractivity contribution in [2.75, 3.05) is 13.1 Å². The zero-order valence-corrected chi connectivity index (χ0v) is 12.7. The van der Waals surface area contributed by atoms with E-state index >= 15 is 0 Å². The molecule has 1 aliphatic rings. The van der Waals surface area contributed by atoms with Crippen molar-refractivity contribution in [3.05, 3.63) is 35.1 Å². The van der Waals surface area contributed by atoms with Crippen LogP contribution in [-0.2, 0) is 13.1 Å². The van der Waals surface area contributed by atoms with Crippen molar-refractivity contribution >= 4 is 0 Å². The topological polar surface area (TPSA) is 29.3 Å². The van der Waals surface area contributed by atoms with Crippen molar-refractivity contribution in [2.45, 2.75) is 46.2 Å². The molecule has 1 aliphatic heterocycles. The molecule has 2 rings (SSSR count). The van der Waals surface area contributed by atoms with Gasteiger partial charge in [-0.05, 0) is 44.2 Å². The standard InChI is InChI=1S/C17H27FN2/c1-13(2)14-7-4-9-20(10-8-14)12-16-6-3-5-15(11-19)17(16)18/h3,5-6,13-14H,4,7-12,19H2,1-2H3. The zero-order valence-electron chi connectivity index (χ0n) is 12.7. The Labute approximate surface area is 122 Å². The summed E-state index contributed by atoms with van der Waals surface area (Å²) in [5.41, 5.74) is 6.99. The van der Waals surface area contributed by atoms with Gasteiger partial charge in [-0.15, -0.1) is 0 Å². The Morgan fingerprint density at radius 1 is 1.25 bits per heavy atom. The van der Waals surface area contributed by atoms with E-state index in [1.165, 1.54) is 19.3 Å². The molecule has 0 aromatic heterocycles. The maximum Gasteiger partial charge on any atom is 0.132 e. The van der Waals surface area contributed by atoms with Gasteiger partial charge >= 0.3 is 0 Å². The fourth-order valence-corrected chi connectivity index (χ4v) is 3.16. The van der Waals surface area contributed by atoms with Crippen molar-refractivity contribution in [3.63, 3.8) is 0 Å². The van der Waals surface area contributed by atoms with Gasteiger partial charge in [-0.3, -0.25) is 4.90 Å². The Balaban J connectivity index is 2.00. The first-order valence-electron chi connectivity index (χ1n) is 7.80. The molecule has 0 amide bonds. The van der Waals surface area contributed by atoms with Crippen LogP contribution in [-0.4, -0.2) is 18.0 Å². The monoisotopic (exact) mass is 278 g/mol. The highest BCUT2D eigenvalue weighted by Crippen LogP contribution is 2.25. The molecule has 0 saturated carbocycles. The first kappa shape index (κ1) is 15.5. The van der Waals surface area contributed by atoms with Crippen LogP contribution in [0.25, 0.3) is 0 Å². The van der Waals surface area contributed by atoms with Crippen LogP contribution in [0.3, 0.4) is 0 Å². The van der Waals surface area contributed by atoms with Gasteiger partial charge in [0.25, 0.3) is 0 Å². The third kappa shape index (κ3) is 3.80. The summed E-state index contributed by atoms with van der Waals surface area (Å²) in [6.07, 6.45) is 3.76. The molecule has 1 aromatic carbocycles. The summed E-state index contributed by atoms with van der Waals surface area (Å²) in [6.45, 7) is 7.76. The second-order valence-corrected chi connectivity index (χ2v) is 6.31. The predicted octanol–water partition coefficient (Wildman–Crippen LogP) is 3.54. The highest BCUT2D eigenvalue weighted by atomic mass is 19.1. The average molecular weight is 278 g/mol. The fraction of sp³-hybridized carbons (Fsp3) is 0.647. The van der Waals surface area contributed by atoms with E-state index in [1.807, 2.05) is 12.1 Å². The predicted molar refractivity (Wildman–Crippen MR) is 81.7 cm³/mol. The quantitative estimate of drug-likeness (QED) is 0.912. The fourth-order valence-electron chi connectivity index (χ4n) is 3.16. The van der Waals surface area contributed by atoms with Gasteiger partial charge in [0.1, 0.15) is 5.82 Å². The molecule has 1 saturated heterocycles. The van der Waals surface area contributed by atoms with Crippen molar-refractivity contribution in [1.29, 1.82) is 0 Å². The minimum atomic E-state index is -0.111. The maximum atomic E-state index is 14.2. The first-order valence-corrected chi connectivity index (χ1v) is 7.80. The van der Waals surface area contributed by atoms with Crippen LogP contribution >= 0.6 is 0 Å². The molecule has 1 aromatic rings. The minimum absolute atomic E-state index is 0.111. The molecule has 1 fully saturated rings. The van der Waals surface area contributed by atoms with Crippen molar-refractivity contribution in [3.8, 4) is 0 Å². The summed E-state index contributed by atoms with van der Waals surface area (Å²) >= 11 is 0. The van der Waals surface area contributed by atoms with Crippen LogP contribution in [0.1, 0.15) is 44.2 Å². The number of likely N-dealkylation sites (tertiary alicyclic amines) is 1. The molecule has 2 N–H and O–H groups in total. The van der Waals surface area contributed by atoms with Crippen molar-refractivity contribution in [1.82, 2.24) is 4.90 Å². The number of rotatable bonds is 4. The maximum absolute atomic E-state index is 14.2. The summed E-state index contributed by atoms with van der Waals surface area (Å²) in [6, 6.07) is 5.57. The lowest BCUT2D eigenvalue weighted by Gasteiger charge is -2.22. The van der Waals surface area contributed by atoms with Gasteiger partial charge < -0.3 is 5.73 Å². The largest absolute Gasteiger partial charge is 0.326 e. The van der Waals surface area contributed by atoms with E-state index in [2.05, 4.69) is 18.7 Å². The number of halogens is 1. The van der Waals surface area contributed by atoms with E-state index in [-0.39, 0.29) is 12.4 Å². The van der Waals surface area contributed by atoms with Crippen molar-refractivity contribution in [2.24, 2.45) is 17.6 Å². The van der Waals surface area contributed by atoms with Crippen LogP contribution < -0.4 is 5.73 Å². The molecule has 1 heterocycles. The molecule has 20 heavy (non-hydrogen) atoms. The van der Waals surface area contributed by atoms with Crippen LogP contribution in [0.4, 0.5) is 4.39 Å². The molecule has 1 atom stereocenters. The van der Waals surface area contributed by atoms with Gasteiger partial charge in [-0.2, -0.15) is 0 Å². The third-order valence-electron chi connectivity index (χ3n) is 4.58. The second kappa shape index (κ2) is 7.19. The minimum Gasteiger partial charge on any atom is -0.326 e. The highest BCUT2D eigenvalue weighted by Gasteiger charge is 2.20. The van der Waals surface area contributed by atoms with Crippen LogP contribution in [0, 0.1) is 17.7 Å². The molecule has 2 nitrogen and oxygen atoms in total. The number of nitrogens with two attached hydrogens (primary N) is 1. The van der Waals surface area contributed by atoms with Crippen LogP contribution in [0.15, 0.2) is 18.2 Å². The molecular formula is C17H27FN2. The number of nitrogens with zero attached hydrogens (tertiary/aromatic N) is 1. The molecule has 0 spiro atoms. The summed E-state index contributed by atoms with van der Waals surface area (Å²) < 4.78 is 14.2. The lowest BCUT2D eigenvalue weighted by molar-refractivity contribution is 0.261. The lowest BCUT2D eigenvalue weighted by atomic mass is 9.89. The van der Waals surface area contributed by atoms with Gasteiger partial charge in [-0.25, -0.2) is 4.39 Å². The van der Waals surface area contributed by atoms with Gasteiger partial charge in [0.15, 0.2) is 0 Å². The van der Waals surface area contributed by atoms with Gasteiger partial charge in [-0.1, -0.05) is 32.0 Å². The SMILES string of the molecule is CC(C)C1CCCN(Cc2cccc(CN)c2F)CC1. The van der Waals surface area contributed by atoms with Gasteiger partial charge in [0, 0.05) is 24.2 Å². The first-order chi connectivity index (χ1) is 9.61. The molecular weight excluding hydrogens is 251 g/mol. The normalized spacial score (nSPS) is 21.1. The van der Waals surface area contributed by atoms with E-state index in [0.717, 1.165) is 30.5 Å². The van der Waals surface area contributed by atoms with Gasteiger partial charge in [0.2, 0.25) is 0 Å². The Morgan fingerprint density at radius 2 is 2.00 bits per heavy atom. The number of hydrogen-bond donors (Lipinski definition) is 1. The number of hydrogen-bond acceptors (Lipinski definition) is 2. The molecule has 3 heteroatoms. The summed E-state index contributed by atoms with van der Waals surface area (Å²) in [5.74, 6) is 1.46. The molecule has 0 radical (unpaired) electrons. The van der Waals surface area contributed by atoms with Crippen LogP contribution in [0.2, 0.25) is 0 Å². The smallest absolute Gasteiger partial charge is 0.132 e. The Kier molecular flexibility index (Phi) is 5.55. The average Bonchev–Trinajstić information content (AvgIpc) is 2.67. The number of benzene rings is 1. The highest BCUT2D eigenvalue weighted by molar-refractivity contribution is 5.25. The lowest BCUT2D eigenvalue weighted by Crippen LogP contribution is -2.25. The van der Waals surface area contributed by atoms with Crippen LogP contribution in [0.5, 0.6) is 0 Å². The molecule has 112 valence electrons. The Morgan fingerprint density at radius 3 is 2.70 bits per heavy atom. The summed E-state index contributed by atoms with van der Waals surface area (Å²) in [5, 5.41) is 0. The van der Waals surface area contributed by atoms with Crippen molar-refractivity contribution < 1.29 is 4.39 Å². The van der Waals surface area contributed by atoms with E-state index in [1.54, 1.807) is 6.07 Å². The Hall–Kier alpha value is -0.930. The second-order valence-electron chi connectivity index (χ2n) is 6.31.